The Kier molecular flexibility index (Phi) is 6.54. The Morgan fingerprint density at radius 1 is 1.21 bits per heavy atom. The molecular formula is C13H20N2O2S2. The maximum absolute atomic E-state index is 11.3. The second kappa shape index (κ2) is 7.67. The molecule has 6 heteroatoms. The molecule has 1 aromatic carbocycles. The molecule has 19 heavy (non-hydrogen) atoms. The summed E-state index contributed by atoms with van der Waals surface area (Å²) in [5, 5.41) is 0. The minimum absolute atomic E-state index is 0.0601. The standard InChI is InChI=1S/C13H20N2O2S2/c1-14(8-9-15(2)13(18)19)11-6-4-10(5-7-11)12(16)17-3/h4-7,13,18-19H,8-9H2,1-3H3. The first-order valence-electron chi connectivity index (χ1n) is 5.91. The van der Waals surface area contributed by atoms with Gasteiger partial charge in [0.2, 0.25) is 0 Å². The quantitative estimate of drug-likeness (QED) is 0.478. The van der Waals surface area contributed by atoms with Crippen LogP contribution in [0.25, 0.3) is 0 Å². The third kappa shape index (κ3) is 4.97. The molecule has 0 bridgehead atoms. The average molecular weight is 300 g/mol. The Morgan fingerprint density at radius 3 is 2.26 bits per heavy atom. The Labute approximate surface area is 125 Å². The molecule has 0 atom stereocenters. The Morgan fingerprint density at radius 2 is 1.79 bits per heavy atom. The number of benzene rings is 1. The van der Waals surface area contributed by atoms with E-state index in [0.717, 1.165) is 18.8 Å². The first-order chi connectivity index (χ1) is 8.95. The average Bonchev–Trinajstić information content (AvgIpc) is 2.43. The minimum atomic E-state index is -0.318. The second-order valence-corrected chi connectivity index (χ2v) is 5.67. The lowest BCUT2D eigenvalue weighted by Gasteiger charge is -2.25. The summed E-state index contributed by atoms with van der Waals surface area (Å²) in [4.78, 5) is 15.5. The Bertz CT molecular complexity index is 410. The molecule has 0 N–H and O–H groups in total. The van der Waals surface area contributed by atoms with Crippen LogP contribution < -0.4 is 4.90 Å². The summed E-state index contributed by atoms with van der Waals surface area (Å²) in [7, 11) is 5.36. The number of rotatable bonds is 6. The SMILES string of the molecule is COC(=O)c1ccc(N(C)CCN(C)C(S)S)cc1. The topological polar surface area (TPSA) is 32.8 Å². The van der Waals surface area contributed by atoms with Gasteiger partial charge in [0, 0.05) is 25.8 Å². The highest BCUT2D eigenvalue weighted by atomic mass is 32.2. The van der Waals surface area contributed by atoms with Crippen molar-refractivity contribution in [2.45, 2.75) is 4.71 Å². The normalized spacial score (nSPS) is 10.9. The number of hydrogen-bond acceptors (Lipinski definition) is 6. The largest absolute Gasteiger partial charge is 0.465 e. The van der Waals surface area contributed by atoms with Gasteiger partial charge >= 0.3 is 5.97 Å². The van der Waals surface area contributed by atoms with Crippen molar-refractivity contribution in [2.75, 3.05) is 39.2 Å². The number of esters is 1. The van der Waals surface area contributed by atoms with Crippen LogP contribution in [0.5, 0.6) is 0 Å². The first-order valence-corrected chi connectivity index (χ1v) is 6.95. The van der Waals surface area contributed by atoms with Crippen molar-refractivity contribution < 1.29 is 9.53 Å². The highest BCUT2D eigenvalue weighted by Crippen LogP contribution is 2.14. The van der Waals surface area contributed by atoms with Crippen molar-refractivity contribution in [3.63, 3.8) is 0 Å². The highest BCUT2D eigenvalue weighted by molar-refractivity contribution is 7.99. The molecule has 0 spiro atoms. The molecule has 0 aliphatic carbocycles. The van der Waals surface area contributed by atoms with Gasteiger partial charge in [-0.1, -0.05) is 0 Å². The molecule has 4 nitrogen and oxygen atoms in total. The van der Waals surface area contributed by atoms with Crippen LogP contribution in [0.4, 0.5) is 5.69 Å². The summed E-state index contributed by atoms with van der Waals surface area (Å²) in [5.74, 6) is -0.318. The fraction of sp³-hybridized carbons (Fsp3) is 0.462. The summed E-state index contributed by atoms with van der Waals surface area (Å²) < 4.78 is 4.61. The molecular weight excluding hydrogens is 280 g/mol. The van der Waals surface area contributed by atoms with E-state index in [9.17, 15) is 4.79 Å². The molecule has 0 unspecified atom stereocenters. The van der Waals surface area contributed by atoms with Gasteiger partial charge in [0.05, 0.1) is 17.4 Å². The fourth-order valence-electron chi connectivity index (χ4n) is 1.52. The molecule has 0 heterocycles. The van der Waals surface area contributed by atoms with Crippen molar-refractivity contribution in [1.29, 1.82) is 0 Å². The molecule has 0 saturated heterocycles. The molecule has 0 fully saturated rings. The van der Waals surface area contributed by atoms with Crippen LogP contribution in [0.3, 0.4) is 0 Å². The summed E-state index contributed by atoms with van der Waals surface area (Å²) in [6, 6.07) is 7.35. The fourth-order valence-corrected chi connectivity index (χ4v) is 1.75. The third-order valence-corrected chi connectivity index (χ3v) is 3.70. The van der Waals surface area contributed by atoms with E-state index in [2.05, 4.69) is 34.9 Å². The lowest BCUT2D eigenvalue weighted by Crippen LogP contribution is -2.32. The number of hydrogen-bond donors (Lipinski definition) is 2. The number of carbonyl (C=O) groups is 1. The van der Waals surface area contributed by atoms with E-state index in [-0.39, 0.29) is 10.7 Å². The number of thiol groups is 2. The van der Waals surface area contributed by atoms with Crippen LogP contribution in [0, 0.1) is 0 Å². The number of carbonyl (C=O) groups excluding carboxylic acids is 1. The minimum Gasteiger partial charge on any atom is -0.465 e. The van der Waals surface area contributed by atoms with E-state index in [0.29, 0.717) is 5.56 Å². The summed E-state index contributed by atoms with van der Waals surface area (Å²) in [6.45, 7) is 1.71. The predicted molar refractivity (Wildman–Crippen MR) is 85.4 cm³/mol. The van der Waals surface area contributed by atoms with Crippen LogP contribution >= 0.6 is 25.3 Å². The maximum Gasteiger partial charge on any atom is 0.337 e. The van der Waals surface area contributed by atoms with Gasteiger partial charge in [-0.15, -0.1) is 25.3 Å². The van der Waals surface area contributed by atoms with Gasteiger partial charge in [0.25, 0.3) is 0 Å². The van der Waals surface area contributed by atoms with E-state index in [4.69, 9.17) is 0 Å². The Hall–Kier alpha value is -0.850. The number of methoxy groups -OCH3 is 1. The lowest BCUT2D eigenvalue weighted by atomic mass is 10.2. The smallest absolute Gasteiger partial charge is 0.337 e. The van der Waals surface area contributed by atoms with Crippen LogP contribution in [0.2, 0.25) is 0 Å². The van der Waals surface area contributed by atoms with Gasteiger partial charge in [-0.2, -0.15) is 0 Å². The molecule has 0 aromatic heterocycles. The van der Waals surface area contributed by atoms with Gasteiger partial charge < -0.3 is 9.64 Å². The molecule has 106 valence electrons. The van der Waals surface area contributed by atoms with Crippen LogP contribution in [0.1, 0.15) is 10.4 Å². The van der Waals surface area contributed by atoms with Gasteiger partial charge in [-0.25, -0.2) is 4.79 Å². The van der Waals surface area contributed by atoms with E-state index in [1.807, 2.05) is 31.1 Å². The number of likely N-dealkylation sites (N-methyl/N-ethyl adjacent to an activating group) is 2. The molecule has 0 amide bonds. The van der Waals surface area contributed by atoms with Crippen molar-refractivity contribution in [3.05, 3.63) is 29.8 Å². The first kappa shape index (κ1) is 16.2. The summed E-state index contributed by atoms with van der Waals surface area (Å²) in [5.41, 5.74) is 1.61. The molecule has 0 aliphatic rings. The lowest BCUT2D eigenvalue weighted by molar-refractivity contribution is 0.0601. The third-order valence-electron chi connectivity index (χ3n) is 2.91. The Balaban J connectivity index is 2.58. The monoisotopic (exact) mass is 300 g/mol. The maximum atomic E-state index is 11.3. The van der Waals surface area contributed by atoms with Crippen LogP contribution in [0.15, 0.2) is 24.3 Å². The van der Waals surface area contributed by atoms with E-state index >= 15 is 0 Å². The number of ether oxygens (including phenoxy) is 1. The van der Waals surface area contributed by atoms with Gasteiger partial charge in [0.15, 0.2) is 0 Å². The van der Waals surface area contributed by atoms with E-state index in [1.54, 1.807) is 12.1 Å². The van der Waals surface area contributed by atoms with E-state index in [1.165, 1.54) is 7.11 Å². The van der Waals surface area contributed by atoms with Gasteiger partial charge in [-0.3, -0.25) is 4.90 Å². The van der Waals surface area contributed by atoms with E-state index < -0.39 is 0 Å². The molecule has 1 aromatic rings. The predicted octanol–water partition coefficient (Wildman–Crippen LogP) is 1.98. The highest BCUT2D eigenvalue weighted by Gasteiger charge is 2.08. The van der Waals surface area contributed by atoms with Gasteiger partial charge in [-0.05, 0) is 31.3 Å². The zero-order valence-electron chi connectivity index (χ0n) is 11.4. The molecule has 0 saturated carbocycles. The molecule has 0 aliphatic heterocycles. The van der Waals surface area contributed by atoms with Crippen LogP contribution in [-0.2, 0) is 4.74 Å². The zero-order chi connectivity index (χ0) is 14.4. The van der Waals surface area contributed by atoms with Crippen molar-refractivity contribution in [1.82, 2.24) is 4.90 Å². The molecule has 0 radical (unpaired) electrons. The number of nitrogens with zero attached hydrogens (tertiary/aromatic N) is 2. The van der Waals surface area contributed by atoms with Crippen molar-refractivity contribution in [3.8, 4) is 0 Å². The zero-order valence-corrected chi connectivity index (χ0v) is 13.2. The van der Waals surface area contributed by atoms with Crippen molar-refractivity contribution in [2.24, 2.45) is 0 Å². The van der Waals surface area contributed by atoms with Crippen LogP contribution in [-0.4, -0.2) is 49.9 Å². The van der Waals surface area contributed by atoms with Gasteiger partial charge in [0.1, 0.15) is 0 Å². The molecule has 1 rings (SSSR count). The van der Waals surface area contributed by atoms with Crippen molar-refractivity contribution >= 4 is 36.9 Å². The summed E-state index contributed by atoms with van der Waals surface area (Å²) >= 11 is 8.50. The summed E-state index contributed by atoms with van der Waals surface area (Å²) in [6.07, 6.45) is 0. The number of anilines is 1. The second-order valence-electron chi connectivity index (χ2n) is 4.29.